The van der Waals surface area contributed by atoms with Crippen LogP contribution < -0.4 is 14.8 Å². The zero-order valence-electron chi connectivity index (χ0n) is 14.2. The number of methoxy groups -OCH3 is 1. The minimum absolute atomic E-state index is 0.0226. The van der Waals surface area contributed by atoms with Crippen LogP contribution in [0.4, 0.5) is 0 Å². The van der Waals surface area contributed by atoms with Crippen molar-refractivity contribution in [1.29, 1.82) is 0 Å². The van der Waals surface area contributed by atoms with Crippen molar-refractivity contribution in [2.45, 2.75) is 32.2 Å². The van der Waals surface area contributed by atoms with E-state index in [1.165, 1.54) is 5.56 Å². The number of hydrogen-bond donors (Lipinski definition) is 1. The van der Waals surface area contributed by atoms with Gasteiger partial charge in [0, 0.05) is 18.0 Å². The molecule has 1 aromatic carbocycles. The normalized spacial score (nSPS) is 18.0. The Morgan fingerprint density at radius 1 is 1.36 bits per heavy atom. The number of hydrogen-bond acceptors (Lipinski definition) is 5. The summed E-state index contributed by atoms with van der Waals surface area (Å²) in [6, 6.07) is 5.71. The van der Waals surface area contributed by atoms with E-state index in [4.69, 9.17) is 9.47 Å². The van der Waals surface area contributed by atoms with E-state index >= 15 is 0 Å². The number of aryl methyl sites for hydroxylation is 2. The van der Waals surface area contributed by atoms with Crippen LogP contribution >= 0.6 is 0 Å². The molecule has 25 heavy (non-hydrogen) atoms. The quantitative estimate of drug-likeness (QED) is 0.920. The van der Waals surface area contributed by atoms with Gasteiger partial charge in [-0.3, -0.25) is 4.79 Å². The molecule has 0 fully saturated rings. The molecule has 0 saturated heterocycles. The van der Waals surface area contributed by atoms with Crippen molar-refractivity contribution in [3.05, 3.63) is 47.0 Å². The molecule has 6 heteroatoms. The van der Waals surface area contributed by atoms with Crippen LogP contribution in [0.1, 0.15) is 29.1 Å². The van der Waals surface area contributed by atoms with E-state index in [1.807, 2.05) is 24.4 Å². The van der Waals surface area contributed by atoms with Crippen LogP contribution in [-0.2, 0) is 30.6 Å². The number of fused-ring (bicyclic) bond motifs is 2. The first-order valence-corrected chi connectivity index (χ1v) is 8.64. The van der Waals surface area contributed by atoms with Crippen molar-refractivity contribution in [3.63, 3.8) is 0 Å². The zero-order valence-corrected chi connectivity index (χ0v) is 14.2. The van der Waals surface area contributed by atoms with Crippen LogP contribution in [0.25, 0.3) is 0 Å². The first kappa shape index (κ1) is 15.9. The lowest BCUT2D eigenvalue weighted by Gasteiger charge is -2.24. The van der Waals surface area contributed by atoms with Crippen molar-refractivity contribution in [2.75, 3.05) is 13.7 Å². The smallest absolute Gasteiger partial charge is 0.227 e. The topological polar surface area (TPSA) is 73.3 Å². The first-order chi connectivity index (χ1) is 12.2. The van der Waals surface area contributed by atoms with E-state index in [1.54, 1.807) is 7.11 Å². The fourth-order valence-corrected chi connectivity index (χ4v) is 3.40. The summed E-state index contributed by atoms with van der Waals surface area (Å²) in [6.07, 6.45) is 5.77. The van der Waals surface area contributed by atoms with Gasteiger partial charge in [-0.05, 0) is 42.9 Å². The predicted octanol–water partition coefficient (Wildman–Crippen LogP) is 1.84. The maximum Gasteiger partial charge on any atom is 0.227 e. The molecule has 0 spiro atoms. The average molecular weight is 339 g/mol. The molecule has 1 aliphatic carbocycles. The van der Waals surface area contributed by atoms with Crippen LogP contribution in [0.15, 0.2) is 24.4 Å². The third-order valence-electron chi connectivity index (χ3n) is 4.84. The van der Waals surface area contributed by atoms with Crippen molar-refractivity contribution in [1.82, 2.24) is 15.3 Å². The molecule has 2 aromatic rings. The summed E-state index contributed by atoms with van der Waals surface area (Å²) < 4.78 is 10.9. The van der Waals surface area contributed by atoms with Gasteiger partial charge >= 0.3 is 0 Å². The molecule has 0 unspecified atom stereocenters. The van der Waals surface area contributed by atoms with Crippen molar-refractivity contribution >= 4 is 5.91 Å². The van der Waals surface area contributed by atoms with E-state index in [9.17, 15) is 4.79 Å². The molecule has 0 bridgehead atoms. The van der Waals surface area contributed by atoms with Gasteiger partial charge < -0.3 is 14.8 Å². The van der Waals surface area contributed by atoms with Crippen LogP contribution in [0.5, 0.6) is 11.5 Å². The highest BCUT2D eigenvalue weighted by atomic mass is 16.5. The SMILES string of the molecule is COc1ccc2c(c1)OC[C@@H](C(=O)NCc1ncc3c(n1)CCC3)C2. The standard InChI is InChI=1S/C19H21N3O3/c1-24-15-6-5-12-7-14(11-25-17(12)8-15)19(23)21-10-18-20-9-13-3-2-4-16(13)22-18/h5-6,8-9,14H,2-4,7,10-11H2,1H3,(H,21,23)/t14-/m0/s1. The number of ether oxygens (including phenoxy) is 2. The molecular weight excluding hydrogens is 318 g/mol. The Labute approximate surface area is 146 Å². The highest BCUT2D eigenvalue weighted by Crippen LogP contribution is 2.31. The Bertz CT molecular complexity index is 806. The maximum absolute atomic E-state index is 12.5. The minimum atomic E-state index is -0.199. The fraction of sp³-hybridized carbons (Fsp3) is 0.421. The number of amides is 1. The molecular formula is C19H21N3O3. The number of nitrogens with one attached hydrogen (secondary N) is 1. The third-order valence-corrected chi connectivity index (χ3v) is 4.84. The van der Waals surface area contributed by atoms with Gasteiger partial charge in [-0.25, -0.2) is 9.97 Å². The average Bonchev–Trinajstić information content (AvgIpc) is 3.13. The second-order valence-electron chi connectivity index (χ2n) is 6.52. The molecule has 1 amide bonds. The maximum atomic E-state index is 12.5. The van der Waals surface area contributed by atoms with Gasteiger partial charge in [0.15, 0.2) is 0 Å². The molecule has 4 rings (SSSR count). The minimum Gasteiger partial charge on any atom is -0.497 e. The first-order valence-electron chi connectivity index (χ1n) is 8.64. The number of rotatable bonds is 4. The molecule has 1 aromatic heterocycles. The van der Waals surface area contributed by atoms with Crippen molar-refractivity contribution < 1.29 is 14.3 Å². The van der Waals surface area contributed by atoms with Gasteiger partial charge in [-0.1, -0.05) is 6.07 Å². The summed E-state index contributed by atoms with van der Waals surface area (Å²) in [5.41, 5.74) is 3.40. The Morgan fingerprint density at radius 2 is 2.28 bits per heavy atom. The van der Waals surface area contributed by atoms with Gasteiger partial charge in [0.25, 0.3) is 0 Å². The molecule has 0 saturated carbocycles. The lowest BCUT2D eigenvalue weighted by molar-refractivity contribution is -0.126. The van der Waals surface area contributed by atoms with Gasteiger partial charge in [-0.2, -0.15) is 0 Å². The summed E-state index contributed by atoms with van der Waals surface area (Å²) in [4.78, 5) is 21.4. The van der Waals surface area contributed by atoms with Gasteiger partial charge in [-0.15, -0.1) is 0 Å². The number of aromatic nitrogens is 2. The molecule has 1 N–H and O–H groups in total. The van der Waals surface area contributed by atoms with Gasteiger partial charge in [0.05, 0.1) is 19.6 Å². The van der Waals surface area contributed by atoms with Crippen molar-refractivity contribution in [2.24, 2.45) is 5.92 Å². The fourth-order valence-electron chi connectivity index (χ4n) is 3.40. The number of benzene rings is 1. The highest BCUT2D eigenvalue weighted by Gasteiger charge is 2.26. The lowest BCUT2D eigenvalue weighted by atomic mass is 9.96. The molecule has 6 nitrogen and oxygen atoms in total. The van der Waals surface area contributed by atoms with Gasteiger partial charge in [0.2, 0.25) is 5.91 Å². The number of nitrogens with zero attached hydrogens (tertiary/aromatic N) is 2. The summed E-state index contributed by atoms with van der Waals surface area (Å²) in [5, 5.41) is 2.94. The largest absolute Gasteiger partial charge is 0.497 e. The second-order valence-corrected chi connectivity index (χ2v) is 6.52. The van der Waals surface area contributed by atoms with Gasteiger partial charge in [0.1, 0.15) is 23.9 Å². The molecule has 130 valence electrons. The molecule has 0 radical (unpaired) electrons. The van der Waals surface area contributed by atoms with E-state index in [0.29, 0.717) is 25.4 Å². The van der Waals surface area contributed by atoms with Crippen LogP contribution in [0.3, 0.4) is 0 Å². The Kier molecular flexibility index (Phi) is 4.26. The van der Waals surface area contributed by atoms with Crippen LogP contribution in [0.2, 0.25) is 0 Å². The summed E-state index contributed by atoms with van der Waals surface area (Å²) in [7, 11) is 1.63. The Morgan fingerprint density at radius 3 is 3.16 bits per heavy atom. The number of carbonyl (C=O) groups excluding carboxylic acids is 1. The van der Waals surface area contributed by atoms with Crippen LogP contribution in [-0.4, -0.2) is 29.6 Å². The molecule has 1 aliphatic heterocycles. The van der Waals surface area contributed by atoms with E-state index < -0.39 is 0 Å². The van der Waals surface area contributed by atoms with E-state index in [-0.39, 0.29) is 11.8 Å². The highest BCUT2D eigenvalue weighted by molar-refractivity contribution is 5.79. The summed E-state index contributed by atoms with van der Waals surface area (Å²) >= 11 is 0. The predicted molar refractivity (Wildman–Crippen MR) is 91.6 cm³/mol. The second kappa shape index (κ2) is 6.70. The monoisotopic (exact) mass is 339 g/mol. The molecule has 1 atom stereocenters. The molecule has 2 aliphatic rings. The zero-order chi connectivity index (χ0) is 17.2. The van der Waals surface area contributed by atoms with Crippen LogP contribution in [0, 0.1) is 5.92 Å². The molecule has 2 heterocycles. The van der Waals surface area contributed by atoms with E-state index in [2.05, 4.69) is 15.3 Å². The summed E-state index contributed by atoms with van der Waals surface area (Å²) in [5.74, 6) is 2.01. The number of carbonyl (C=O) groups is 1. The lowest BCUT2D eigenvalue weighted by Crippen LogP contribution is -2.37. The Hall–Kier alpha value is -2.63. The van der Waals surface area contributed by atoms with Crippen molar-refractivity contribution in [3.8, 4) is 11.5 Å². The third kappa shape index (κ3) is 3.29. The summed E-state index contributed by atoms with van der Waals surface area (Å²) in [6.45, 7) is 0.731. The Balaban J connectivity index is 1.37. The van der Waals surface area contributed by atoms with E-state index in [0.717, 1.165) is 42.0 Å².